The summed E-state index contributed by atoms with van der Waals surface area (Å²) in [6.45, 7) is 0.168. The minimum Gasteiger partial charge on any atom is -0.497 e. The highest BCUT2D eigenvalue weighted by Gasteiger charge is 2.12. The van der Waals surface area contributed by atoms with Crippen molar-refractivity contribution in [3.8, 4) is 5.75 Å². The largest absolute Gasteiger partial charge is 0.497 e. The first kappa shape index (κ1) is 18.5. The molecule has 4 aromatic rings. The third-order valence-corrected chi connectivity index (χ3v) is 4.58. The Morgan fingerprint density at radius 2 is 1.69 bits per heavy atom. The van der Waals surface area contributed by atoms with Crippen LogP contribution in [-0.2, 0) is 11.3 Å². The summed E-state index contributed by atoms with van der Waals surface area (Å²) < 4.78 is 7.08. The molecule has 0 aliphatic heterocycles. The van der Waals surface area contributed by atoms with Gasteiger partial charge in [-0.1, -0.05) is 48.5 Å². The van der Waals surface area contributed by atoms with Crippen molar-refractivity contribution in [3.63, 3.8) is 0 Å². The number of para-hydroxylation sites is 2. The topological polar surface area (TPSA) is 56.1 Å². The molecule has 0 aliphatic rings. The lowest BCUT2D eigenvalue weighted by molar-refractivity contribution is -0.116. The van der Waals surface area contributed by atoms with Gasteiger partial charge in [0.15, 0.2) is 0 Å². The fourth-order valence-corrected chi connectivity index (χ4v) is 3.14. The van der Waals surface area contributed by atoms with Gasteiger partial charge < -0.3 is 14.6 Å². The van der Waals surface area contributed by atoms with Crippen LogP contribution in [0.5, 0.6) is 5.75 Å². The summed E-state index contributed by atoms with van der Waals surface area (Å²) in [6, 6.07) is 25.1. The van der Waals surface area contributed by atoms with E-state index in [0.717, 1.165) is 33.9 Å². The van der Waals surface area contributed by atoms with E-state index in [4.69, 9.17) is 9.72 Å². The van der Waals surface area contributed by atoms with Crippen LogP contribution in [0, 0.1) is 0 Å². The van der Waals surface area contributed by atoms with Gasteiger partial charge in [0.1, 0.15) is 18.1 Å². The predicted molar refractivity (Wildman–Crippen MR) is 117 cm³/mol. The van der Waals surface area contributed by atoms with Gasteiger partial charge in [-0.3, -0.25) is 4.79 Å². The highest BCUT2D eigenvalue weighted by molar-refractivity contribution is 5.92. The van der Waals surface area contributed by atoms with Crippen LogP contribution < -0.4 is 10.1 Å². The molecule has 5 nitrogen and oxygen atoms in total. The lowest BCUT2D eigenvalue weighted by atomic mass is 10.2. The van der Waals surface area contributed by atoms with E-state index in [-0.39, 0.29) is 12.5 Å². The molecule has 0 saturated heterocycles. The van der Waals surface area contributed by atoms with Gasteiger partial charge >= 0.3 is 0 Å². The molecule has 1 aromatic heterocycles. The maximum atomic E-state index is 12.7. The van der Waals surface area contributed by atoms with Crippen LogP contribution in [0.3, 0.4) is 0 Å². The van der Waals surface area contributed by atoms with Gasteiger partial charge in [-0.05, 0) is 48.0 Å². The highest BCUT2D eigenvalue weighted by Crippen LogP contribution is 2.19. The Labute approximate surface area is 169 Å². The Balaban J connectivity index is 1.59. The first-order valence-corrected chi connectivity index (χ1v) is 9.35. The van der Waals surface area contributed by atoms with Crippen molar-refractivity contribution in [1.82, 2.24) is 9.55 Å². The minimum atomic E-state index is -0.118. The summed E-state index contributed by atoms with van der Waals surface area (Å²) in [5.41, 5.74) is 3.58. The van der Waals surface area contributed by atoms with Crippen LogP contribution in [0.25, 0.3) is 23.2 Å². The summed E-state index contributed by atoms with van der Waals surface area (Å²) in [5.74, 6) is 1.37. The normalized spacial score (nSPS) is 11.1. The number of hydrogen-bond donors (Lipinski definition) is 1. The first-order valence-electron chi connectivity index (χ1n) is 9.35. The van der Waals surface area contributed by atoms with E-state index in [1.165, 1.54) is 0 Å². The van der Waals surface area contributed by atoms with E-state index in [0.29, 0.717) is 0 Å². The van der Waals surface area contributed by atoms with Crippen molar-refractivity contribution in [2.75, 3.05) is 12.4 Å². The monoisotopic (exact) mass is 383 g/mol. The van der Waals surface area contributed by atoms with Crippen molar-refractivity contribution < 1.29 is 9.53 Å². The summed E-state index contributed by atoms with van der Waals surface area (Å²) in [5, 5.41) is 2.93. The molecule has 0 saturated carbocycles. The number of nitrogens with one attached hydrogen (secondary N) is 1. The number of hydrogen-bond acceptors (Lipinski definition) is 3. The lowest BCUT2D eigenvalue weighted by Gasteiger charge is -2.09. The summed E-state index contributed by atoms with van der Waals surface area (Å²) in [7, 11) is 1.61. The maximum Gasteiger partial charge on any atom is 0.244 e. The van der Waals surface area contributed by atoms with Gasteiger partial charge in [0.2, 0.25) is 5.91 Å². The molecule has 1 heterocycles. The van der Waals surface area contributed by atoms with E-state index in [1.807, 2.05) is 95.6 Å². The summed E-state index contributed by atoms with van der Waals surface area (Å²) in [4.78, 5) is 17.4. The van der Waals surface area contributed by atoms with Gasteiger partial charge in [-0.2, -0.15) is 0 Å². The molecule has 5 heteroatoms. The number of benzene rings is 3. The molecular formula is C24H21N3O2. The number of carbonyl (C=O) groups excluding carboxylic acids is 1. The molecule has 0 aliphatic carbocycles. The molecule has 29 heavy (non-hydrogen) atoms. The van der Waals surface area contributed by atoms with Crippen LogP contribution in [-0.4, -0.2) is 22.6 Å². The average molecular weight is 383 g/mol. The molecular weight excluding hydrogens is 362 g/mol. The predicted octanol–water partition coefficient (Wildman–Crippen LogP) is 4.85. The van der Waals surface area contributed by atoms with E-state index >= 15 is 0 Å². The molecule has 144 valence electrons. The van der Waals surface area contributed by atoms with Crippen molar-refractivity contribution >= 4 is 34.8 Å². The number of ether oxygens (including phenoxy) is 1. The number of amides is 1. The second-order valence-electron chi connectivity index (χ2n) is 6.57. The van der Waals surface area contributed by atoms with Crippen LogP contribution in [0.1, 0.15) is 11.4 Å². The smallest absolute Gasteiger partial charge is 0.244 e. The standard InChI is InChI=1S/C24H21N3O2/c1-29-20-14-12-19(13-15-20)25-24(28)17-27-22-10-6-5-9-21(22)26-23(27)16-11-18-7-3-2-4-8-18/h2-16H,17H2,1H3,(H,25,28)/b16-11+. The van der Waals surface area contributed by atoms with E-state index < -0.39 is 0 Å². The number of carbonyl (C=O) groups is 1. The van der Waals surface area contributed by atoms with Gasteiger partial charge in [0.25, 0.3) is 0 Å². The molecule has 0 unspecified atom stereocenters. The minimum absolute atomic E-state index is 0.118. The lowest BCUT2D eigenvalue weighted by Crippen LogP contribution is -2.19. The molecule has 1 N–H and O–H groups in total. The molecule has 3 aromatic carbocycles. The molecule has 0 atom stereocenters. The molecule has 0 radical (unpaired) electrons. The molecule has 0 bridgehead atoms. The SMILES string of the molecule is COc1ccc(NC(=O)Cn2c(/C=C/c3ccccc3)nc3ccccc32)cc1. The van der Waals surface area contributed by atoms with Gasteiger partial charge in [-0.15, -0.1) is 0 Å². The van der Waals surface area contributed by atoms with Crippen LogP contribution >= 0.6 is 0 Å². The third-order valence-electron chi connectivity index (χ3n) is 4.58. The van der Waals surface area contributed by atoms with Crippen LogP contribution in [0.15, 0.2) is 78.9 Å². The Morgan fingerprint density at radius 3 is 2.45 bits per heavy atom. The van der Waals surface area contributed by atoms with Gasteiger partial charge in [0.05, 0.1) is 18.1 Å². The second-order valence-corrected chi connectivity index (χ2v) is 6.57. The van der Waals surface area contributed by atoms with Crippen molar-refractivity contribution in [2.45, 2.75) is 6.54 Å². The van der Waals surface area contributed by atoms with Crippen molar-refractivity contribution in [1.29, 1.82) is 0 Å². The zero-order valence-corrected chi connectivity index (χ0v) is 16.1. The molecule has 1 amide bonds. The number of imidazole rings is 1. The summed E-state index contributed by atoms with van der Waals surface area (Å²) in [6.07, 6.45) is 3.94. The molecule has 4 rings (SSSR count). The average Bonchev–Trinajstić information content (AvgIpc) is 3.11. The quantitative estimate of drug-likeness (QED) is 0.518. The number of nitrogens with zero attached hydrogens (tertiary/aromatic N) is 2. The van der Waals surface area contributed by atoms with Crippen LogP contribution in [0.2, 0.25) is 0 Å². The fraction of sp³-hybridized carbons (Fsp3) is 0.0833. The Hall–Kier alpha value is -3.86. The van der Waals surface area contributed by atoms with Crippen molar-refractivity contribution in [3.05, 3.63) is 90.3 Å². The van der Waals surface area contributed by atoms with Crippen molar-refractivity contribution in [2.24, 2.45) is 0 Å². The zero-order chi connectivity index (χ0) is 20.1. The first-order chi connectivity index (χ1) is 14.2. The van der Waals surface area contributed by atoms with E-state index in [2.05, 4.69) is 5.32 Å². The fourth-order valence-electron chi connectivity index (χ4n) is 3.14. The third kappa shape index (κ3) is 4.35. The second kappa shape index (κ2) is 8.44. The Morgan fingerprint density at radius 1 is 0.966 bits per heavy atom. The van der Waals surface area contributed by atoms with E-state index in [1.54, 1.807) is 7.11 Å². The molecule has 0 spiro atoms. The Bertz CT molecular complexity index is 1150. The Kier molecular flexibility index (Phi) is 5.38. The zero-order valence-electron chi connectivity index (χ0n) is 16.1. The highest BCUT2D eigenvalue weighted by atomic mass is 16.5. The molecule has 0 fully saturated rings. The summed E-state index contributed by atoms with van der Waals surface area (Å²) >= 11 is 0. The number of rotatable bonds is 6. The maximum absolute atomic E-state index is 12.7. The van der Waals surface area contributed by atoms with Gasteiger partial charge in [0, 0.05) is 5.69 Å². The number of methoxy groups -OCH3 is 1. The van der Waals surface area contributed by atoms with Gasteiger partial charge in [-0.25, -0.2) is 4.98 Å². The number of aromatic nitrogens is 2. The number of anilines is 1. The number of fused-ring (bicyclic) bond motifs is 1. The van der Waals surface area contributed by atoms with Crippen LogP contribution in [0.4, 0.5) is 5.69 Å². The van der Waals surface area contributed by atoms with E-state index in [9.17, 15) is 4.79 Å².